The zero-order valence-electron chi connectivity index (χ0n) is 23.4. The molecular formula is C32H35Cl2N3O4. The van der Waals surface area contributed by atoms with E-state index in [1.165, 1.54) is 0 Å². The Labute approximate surface area is 250 Å². The first-order chi connectivity index (χ1) is 19.6. The fraction of sp³-hybridized carbons (Fsp3) is 0.469. The highest BCUT2D eigenvalue weighted by Crippen LogP contribution is 2.55. The van der Waals surface area contributed by atoms with Gasteiger partial charge < -0.3 is 20.3 Å². The molecule has 1 aliphatic carbocycles. The summed E-state index contributed by atoms with van der Waals surface area (Å²) in [7, 11) is 0. The molecule has 3 heterocycles. The van der Waals surface area contributed by atoms with Crippen molar-refractivity contribution >= 4 is 46.6 Å². The number of likely N-dealkylation sites (tertiary alicyclic amines) is 1. The predicted octanol–water partition coefficient (Wildman–Crippen LogP) is 5.53. The first-order valence-electron chi connectivity index (χ1n) is 14.4. The number of carbonyl (C=O) groups is 3. The molecule has 2 bridgehead atoms. The van der Waals surface area contributed by atoms with E-state index in [0.29, 0.717) is 27.6 Å². The number of hydrogen-bond acceptors (Lipinski definition) is 4. The Bertz CT molecular complexity index is 1410. The van der Waals surface area contributed by atoms with Crippen molar-refractivity contribution in [1.29, 1.82) is 0 Å². The number of fused-ring (bicyclic) bond motifs is 1. The lowest BCUT2D eigenvalue weighted by molar-refractivity contribution is -0.142. The highest BCUT2D eigenvalue weighted by molar-refractivity contribution is 6.31. The van der Waals surface area contributed by atoms with Crippen LogP contribution in [0.15, 0.2) is 54.6 Å². The molecule has 2 aromatic rings. The molecule has 0 radical (unpaired) electrons. The van der Waals surface area contributed by atoms with Gasteiger partial charge in [0.2, 0.25) is 17.7 Å². The van der Waals surface area contributed by atoms with Crippen LogP contribution in [0.5, 0.6) is 0 Å². The van der Waals surface area contributed by atoms with Gasteiger partial charge in [0.05, 0.1) is 17.9 Å². The summed E-state index contributed by atoms with van der Waals surface area (Å²) in [5.41, 5.74) is 1.05. The number of hydrogen-bond donors (Lipinski definition) is 2. The highest BCUT2D eigenvalue weighted by Gasteiger charge is 2.72. The third-order valence-electron chi connectivity index (χ3n) is 9.67. The molecule has 8 unspecified atom stereocenters. The Morgan fingerprint density at radius 3 is 2.56 bits per heavy atom. The van der Waals surface area contributed by atoms with Gasteiger partial charge in [-0.05, 0) is 60.6 Å². The van der Waals surface area contributed by atoms with Crippen molar-refractivity contribution in [2.24, 2.45) is 23.7 Å². The van der Waals surface area contributed by atoms with Gasteiger partial charge in [-0.25, -0.2) is 0 Å². The van der Waals surface area contributed by atoms with Crippen molar-refractivity contribution < 1.29 is 19.1 Å². The Hall–Kier alpha value is -2.87. The van der Waals surface area contributed by atoms with Crippen molar-refractivity contribution in [2.75, 3.05) is 5.32 Å². The van der Waals surface area contributed by atoms with Crippen LogP contribution < -0.4 is 10.6 Å². The molecule has 6 rings (SSSR count). The van der Waals surface area contributed by atoms with Crippen LogP contribution in [0.1, 0.15) is 44.2 Å². The normalized spacial score (nSPS) is 33.6. The molecule has 2 saturated heterocycles. The van der Waals surface area contributed by atoms with Crippen LogP contribution in [0.3, 0.4) is 0 Å². The monoisotopic (exact) mass is 595 g/mol. The summed E-state index contributed by atoms with van der Waals surface area (Å²) >= 11 is 12.4. The first kappa shape index (κ1) is 28.3. The van der Waals surface area contributed by atoms with Gasteiger partial charge in [0.15, 0.2) is 0 Å². The Morgan fingerprint density at radius 1 is 1.07 bits per heavy atom. The van der Waals surface area contributed by atoms with Gasteiger partial charge in [0.1, 0.15) is 11.6 Å². The molecule has 7 nitrogen and oxygen atoms in total. The van der Waals surface area contributed by atoms with Crippen LogP contribution in [0, 0.1) is 30.6 Å². The summed E-state index contributed by atoms with van der Waals surface area (Å²) in [6.45, 7) is 6.49. The molecule has 2 aromatic carbocycles. The fourth-order valence-corrected chi connectivity index (χ4v) is 7.47. The van der Waals surface area contributed by atoms with E-state index in [2.05, 4.69) is 24.5 Å². The third kappa shape index (κ3) is 4.86. The number of anilines is 1. The second-order valence-electron chi connectivity index (χ2n) is 12.1. The predicted molar refractivity (Wildman–Crippen MR) is 158 cm³/mol. The largest absolute Gasteiger partial charge is 0.359 e. The van der Waals surface area contributed by atoms with E-state index in [-0.39, 0.29) is 30.3 Å². The van der Waals surface area contributed by atoms with Crippen molar-refractivity contribution in [1.82, 2.24) is 10.2 Å². The summed E-state index contributed by atoms with van der Waals surface area (Å²) in [5, 5.41) is 7.35. The Balaban J connectivity index is 1.32. The average molecular weight is 597 g/mol. The molecule has 8 atom stereocenters. The van der Waals surface area contributed by atoms with Crippen LogP contribution in [0.2, 0.25) is 10.0 Å². The number of rotatable bonds is 6. The van der Waals surface area contributed by atoms with Crippen molar-refractivity contribution in [2.45, 2.75) is 70.4 Å². The summed E-state index contributed by atoms with van der Waals surface area (Å²) < 4.78 is 6.48. The summed E-state index contributed by atoms with van der Waals surface area (Å²) in [6, 6.07) is 11.6. The lowest BCUT2D eigenvalue weighted by Crippen LogP contribution is -2.57. The van der Waals surface area contributed by atoms with Gasteiger partial charge in [-0.3, -0.25) is 14.4 Å². The van der Waals surface area contributed by atoms with Crippen molar-refractivity contribution in [3.63, 3.8) is 0 Å². The van der Waals surface area contributed by atoms with Gasteiger partial charge in [0.25, 0.3) is 0 Å². The van der Waals surface area contributed by atoms with E-state index in [1.807, 2.05) is 37.3 Å². The first-order valence-corrected chi connectivity index (χ1v) is 15.1. The van der Waals surface area contributed by atoms with Gasteiger partial charge in [-0.1, -0.05) is 80.2 Å². The van der Waals surface area contributed by atoms with E-state index in [1.54, 1.807) is 29.2 Å². The summed E-state index contributed by atoms with van der Waals surface area (Å²) in [5.74, 6) is -1.63. The molecular weight excluding hydrogens is 561 g/mol. The second kappa shape index (κ2) is 10.8. The Morgan fingerprint density at radius 2 is 1.83 bits per heavy atom. The fourth-order valence-electron chi connectivity index (χ4n) is 7.17. The maximum absolute atomic E-state index is 14.2. The maximum Gasteiger partial charge on any atom is 0.246 e. The van der Waals surface area contributed by atoms with Gasteiger partial charge in [0, 0.05) is 28.3 Å². The minimum atomic E-state index is -1.23. The lowest BCUT2D eigenvalue weighted by atomic mass is 9.73. The molecule has 1 spiro atoms. The zero-order valence-corrected chi connectivity index (χ0v) is 24.9. The molecule has 3 amide bonds. The number of aryl methyl sites for hydroxylation is 1. The van der Waals surface area contributed by atoms with E-state index in [4.69, 9.17) is 27.9 Å². The number of halogens is 2. The quantitative estimate of drug-likeness (QED) is 0.430. The minimum Gasteiger partial charge on any atom is -0.359 e. The minimum absolute atomic E-state index is 0.0159. The second-order valence-corrected chi connectivity index (χ2v) is 13.0. The molecule has 216 valence electrons. The van der Waals surface area contributed by atoms with E-state index in [0.717, 1.165) is 30.4 Å². The standard InChI is InChI=1S/C32H35Cl2N3O4/c1-17-5-4-6-24(19(17)3)36-30(39)28-32-14-13-25(41-32)26(29(38)35-22-12-7-18(2)23(34)15-22)27(32)31(40)37(28)16-20-8-10-21(33)11-9-20/h7-15,17,19,24-28H,4-6,16H2,1-3H3,(H,35,38)(H,36,39). The lowest BCUT2D eigenvalue weighted by Gasteiger charge is -2.38. The number of amides is 3. The maximum atomic E-state index is 14.2. The molecule has 0 aromatic heterocycles. The van der Waals surface area contributed by atoms with Gasteiger partial charge in [-0.15, -0.1) is 0 Å². The average Bonchev–Trinajstić information content (AvgIpc) is 3.58. The highest BCUT2D eigenvalue weighted by atomic mass is 35.5. The molecule has 4 aliphatic rings. The number of carbonyl (C=O) groups excluding carboxylic acids is 3. The smallest absolute Gasteiger partial charge is 0.246 e. The van der Waals surface area contributed by atoms with Crippen molar-refractivity contribution in [3.8, 4) is 0 Å². The van der Waals surface area contributed by atoms with E-state index >= 15 is 0 Å². The van der Waals surface area contributed by atoms with Crippen LogP contribution in [-0.4, -0.2) is 46.4 Å². The van der Waals surface area contributed by atoms with Crippen molar-refractivity contribution in [3.05, 3.63) is 75.8 Å². The molecule has 9 heteroatoms. The SMILES string of the molecule is Cc1ccc(NC(=O)C2C3C=CC4(O3)C2C(=O)N(Cc2ccc(Cl)cc2)C4C(=O)NC2CCCC(C)C2C)cc1Cl. The third-order valence-corrected chi connectivity index (χ3v) is 10.3. The zero-order chi connectivity index (χ0) is 29.1. The summed E-state index contributed by atoms with van der Waals surface area (Å²) in [4.78, 5) is 43.7. The number of benzene rings is 2. The van der Waals surface area contributed by atoms with Crippen LogP contribution in [0.25, 0.3) is 0 Å². The number of ether oxygens (including phenoxy) is 1. The number of nitrogens with zero attached hydrogens (tertiary/aromatic N) is 1. The summed E-state index contributed by atoms with van der Waals surface area (Å²) in [6.07, 6.45) is 6.15. The van der Waals surface area contributed by atoms with Crippen LogP contribution in [-0.2, 0) is 25.7 Å². The van der Waals surface area contributed by atoms with E-state index < -0.39 is 29.6 Å². The van der Waals surface area contributed by atoms with Crippen LogP contribution in [0.4, 0.5) is 5.69 Å². The van der Waals surface area contributed by atoms with E-state index in [9.17, 15) is 14.4 Å². The molecule has 2 N–H and O–H groups in total. The topological polar surface area (TPSA) is 87.7 Å². The molecule has 3 aliphatic heterocycles. The molecule has 1 saturated carbocycles. The van der Waals surface area contributed by atoms with Crippen LogP contribution >= 0.6 is 23.2 Å². The number of nitrogens with one attached hydrogen (secondary N) is 2. The Kier molecular flexibility index (Phi) is 7.41. The van der Waals surface area contributed by atoms with Gasteiger partial charge in [-0.2, -0.15) is 0 Å². The molecule has 3 fully saturated rings. The van der Waals surface area contributed by atoms with Gasteiger partial charge >= 0.3 is 0 Å². The molecule has 41 heavy (non-hydrogen) atoms.